The Labute approximate surface area is 124 Å². The molecule has 0 bridgehead atoms. The van der Waals surface area contributed by atoms with E-state index < -0.39 is 5.60 Å². The zero-order valence-electron chi connectivity index (χ0n) is 11.7. The van der Waals surface area contributed by atoms with E-state index in [1.165, 1.54) is 0 Å². The maximum absolute atomic E-state index is 12.8. The fourth-order valence-corrected chi connectivity index (χ4v) is 3.53. The van der Waals surface area contributed by atoms with Gasteiger partial charge in [0.25, 0.3) is 5.91 Å². The SMILES string of the molecule is O=C1N(c2ccccc2)[C@H](c2ccccc2)[C@@]12CCCO2. The lowest BCUT2D eigenvalue weighted by Gasteiger charge is -2.53. The molecule has 3 heteroatoms. The fourth-order valence-electron chi connectivity index (χ4n) is 3.53. The molecule has 0 N–H and O–H groups in total. The first-order chi connectivity index (χ1) is 10.3. The van der Waals surface area contributed by atoms with Gasteiger partial charge in [-0.15, -0.1) is 0 Å². The first-order valence-corrected chi connectivity index (χ1v) is 7.40. The highest BCUT2D eigenvalue weighted by molar-refractivity contribution is 6.08. The molecule has 0 aliphatic carbocycles. The number of rotatable bonds is 2. The maximum Gasteiger partial charge on any atom is 0.262 e. The molecule has 2 aromatic carbocycles. The summed E-state index contributed by atoms with van der Waals surface area (Å²) in [6.45, 7) is 0.678. The lowest BCUT2D eigenvalue weighted by molar-refractivity contribution is -0.156. The molecule has 2 aliphatic heterocycles. The van der Waals surface area contributed by atoms with Crippen LogP contribution in [0.1, 0.15) is 24.4 Å². The van der Waals surface area contributed by atoms with Gasteiger partial charge in [0.2, 0.25) is 0 Å². The molecule has 3 nitrogen and oxygen atoms in total. The summed E-state index contributed by atoms with van der Waals surface area (Å²) in [5, 5.41) is 0. The van der Waals surface area contributed by atoms with Gasteiger partial charge in [-0.05, 0) is 30.5 Å². The zero-order valence-corrected chi connectivity index (χ0v) is 11.7. The minimum Gasteiger partial charge on any atom is -0.363 e. The van der Waals surface area contributed by atoms with Crippen molar-refractivity contribution in [2.45, 2.75) is 24.5 Å². The van der Waals surface area contributed by atoms with E-state index >= 15 is 0 Å². The number of hydrogen-bond acceptors (Lipinski definition) is 2. The van der Waals surface area contributed by atoms with Gasteiger partial charge in [-0.1, -0.05) is 48.5 Å². The van der Waals surface area contributed by atoms with Crippen LogP contribution in [-0.4, -0.2) is 18.1 Å². The molecule has 0 radical (unpaired) electrons. The highest BCUT2D eigenvalue weighted by atomic mass is 16.5. The van der Waals surface area contributed by atoms with Gasteiger partial charge in [-0.25, -0.2) is 0 Å². The average molecular weight is 279 g/mol. The van der Waals surface area contributed by atoms with Crippen LogP contribution in [0.25, 0.3) is 0 Å². The molecule has 4 rings (SSSR count). The van der Waals surface area contributed by atoms with Crippen molar-refractivity contribution in [2.75, 3.05) is 11.5 Å². The van der Waals surface area contributed by atoms with E-state index in [4.69, 9.17) is 4.74 Å². The standard InChI is InChI=1S/C18H17NO2/c20-17-18(12-7-13-21-18)16(14-8-3-1-4-9-14)19(17)15-10-5-2-6-11-15/h1-6,8-11,16H,7,12-13H2/t16-,18+/m1/s1. The maximum atomic E-state index is 12.8. The molecule has 0 aromatic heterocycles. The van der Waals surface area contributed by atoms with E-state index in [1.54, 1.807) is 0 Å². The van der Waals surface area contributed by atoms with E-state index in [0.717, 1.165) is 24.1 Å². The van der Waals surface area contributed by atoms with Crippen LogP contribution in [0.15, 0.2) is 60.7 Å². The molecule has 0 unspecified atom stereocenters. The van der Waals surface area contributed by atoms with E-state index in [9.17, 15) is 4.79 Å². The normalized spacial score (nSPS) is 27.9. The molecule has 2 aliphatic rings. The molecule has 1 spiro atoms. The zero-order chi connectivity index (χ0) is 14.3. The Kier molecular flexibility index (Phi) is 2.82. The lowest BCUT2D eigenvalue weighted by Crippen LogP contribution is -2.68. The molecule has 0 saturated carbocycles. The number of β-lactam (4-membered cyclic amide) rings is 1. The topological polar surface area (TPSA) is 29.5 Å². The van der Waals surface area contributed by atoms with Crippen molar-refractivity contribution >= 4 is 11.6 Å². The predicted molar refractivity (Wildman–Crippen MR) is 81.0 cm³/mol. The van der Waals surface area contributed by atoms with Crippen LogP contribution in [0.2, 0.25) is 0 Å². The fraction of sp³-hybridized carbons (Fsp3) is 0.278. The number of carbonyl (C=O) groups excluding carboxylic acids is 1. The molecular weight excluding hydrogens is 262 g/mol. The molecule has 2 heterocycles. The van der Waals surface area contributed by atoms with E-state index in [-0.39, 0.29) is 11.9 Å². The number of nitrogens with zero attached hydrogens (tertiary/aromatic N) is 1. The first kappa shape index (κ1) is 12.6. The molecule has 2 aromatic rings. The second-order valence-corrected chi connectivity index (χ2v) is 5.67. The number of ether oxygens (including phenoxy) is 1. The van der Waals surface area contributed by atoms with Crippen molar-refractivity contribution in [2.24, 2.45) is 0 Å². The van der Waals surface area contributed by atoms with Crippen LogP contribution < -0.4 is 4.90 Å². The summed E-state index contributed by atoms with van der Waals surface area (Å²) in [6, 6.07) is 20.0. The molecule has 2 fully saturated rings. The Bertz CT molecular complexity index is 647. The van der Waals surface area contributed by atoms with Gasteiger partial charge in [0, 0.05) is 12.3 Å². The summed E-state index contributed by atoms with van der Waals surface area (Å²) in [6.07, 6.45) is 1.77. The van der Waals surface area contributed by atoms with Crippen LogP contribution in [0.5, 0.6) is 0 Å². The van der Waals surface area contributed by atoms with Crippen molar-refractivity contribution in [3.8, 4) is 0 Å². The van der Waals surface area contributed by atoms with Crippen molar-refractivity contribution in [3.05, 3.63) is 66.2 Å². The van der Waals surface area contributed by atoms with Crippen molar-refractivity contribution in [3.63, 3.8) is 0 Å². The molecule has 2 atom stereocenters. The Balaban J connectivity index is 1.79. The number of benzene rings is 2. The van der Waals surface area contributed by atoms with Crippen molar-refractivity contribution < 1.29 is 9.53 Å². The van der Waals surface area contributed by atoms with Gasteiger partial charge < -0.3 is 4.74 Å². The third kappa shape index (κ3) is 1.74. The summed E-state index contributed by atoms with van der Waals surface area (Å²) in [5.74, 6) is 0.0973. The molecule has 21 heavy (non-hydrogen) atoms. The summed E-state index contributed by atoms with van der Waals surface area (Å²) < 4.78 is 5.92. The van der Waals surface area contributed by atoms with Crippen molar-refractivity contribution in [1.29, 1.82) is 0 Å². The molecule has 106 valence electrons. The predicted octanol–water partition coefficient (Wildman–Crippen LogP) is 3.32. The third-order valence-corrected chi connectivity index (χ3v) is 4.48. The summed E-state index contributed by atoms with van der Waals surface area (Å²) in [7, 11) is 0. The molecular formula is C18H17NO2. The number of hydrogen-bond donors (Lipinski definition) is 0. The Morgan fingerprint density at radius 3 is 2.29 bits per heavy atom. The molecule has 2 saturated heterocycles. The summed E-state index contributed by atoms with van der Waals surface area (Å²) in [4.78, 5) is 14.6. The van der Waals surface area contributed by atoms with Gasteiger partial charge in [0.1, 0.15) is 6.04 Å². The summed E-state index contributed by atoms with van der Waals surface area (Å²) in [5.41, 5.74) is 1.44. The number of carbonyl (C=O) groups is 1. The smallest absolute Gasteiger partial charge is 0.262 e. The molecule has 1 amide bonds. The summed E-state index contributed by atoms with van der Waals surface area (Å²) >= 11 is 0. The largest absolute Gasteiger partial charge is 0.363 e. The highest BCUT2D eigenvalue weighted by Crippen LogP contribution is 2.52. The van der Waals surface area contributed by atoms with E-state index in [1.807, 2.05) is 53.4 Å². The van der Waals surface area contributed by atoms with Gasteiger partial charge >= 0.3 is 0 Å². The third-order valence-electron chi connectivity index (χ3n) is 4.48. The van der Waals surface area contributed by atoms with Gasteiger partial charge in [0.05, 0.1) is 0 Å². The van der Waals surface area contributed by atoms with Crippen LogP contribution in [-0.2, 0) is 9.53 Å². The second kappa shape index (κ2) is 4.71. The number of anilines is 1. The number of para-hydroxylation sites is 1. The monoisotopic (exact) mass is 279 g/mol. The Morgan fingerprint density at radius 1 is 1.00 bits per heavy atom. The second-order valence-electron chi connectivity index (χ2n) is 5.67. The Hall–Kier alpha value is -2.13. The average Bonchev–Trinajstić information content (AvgIpc) is 3.06. The first-order valence-electron chi connectivity index (χ1n) is 7.40. The van der Waals surface area contributed by atoms with Crippen LogP contribution >= 0.6 is 0 Å². The minimum absolute atomic E-state index is 0.0175. The van der Waals surface area contributed by atoms with Crippen LogP contribution in [0.4, 0.5) is 5.69 Å². The lowest BCUT2D eigenvalue weighted by atomic mass is 9.75. The van der Waals surface area contributed by atoms with E-state index in [0.29, 0.717) is 6.61 Å². The van der Waals surface area contributed by atoms with Gasteiger partial charge in [-0.3, -0.25) is 9.69 Å². The van der Waals surface area contributed by atoms with Crippen LogP contribution in [0.3, 0.4) is 0 Å². The van der Waals surface area contributed by atoms with E-state index in [2.05, 4.69) is 12.1 Å². The highest BCUT2D eigenvalue weighted by Gasteiger charge is 2.64. The van der Waals surface area contributed by atoms with Gasteiger partial charge in [0.15, 0.2) is 5.60 Å². The van der Waals surface area contributed by atoms with Crippen LogP contribution in [0, 0.1) is 0 Å². The van der Waals surface area contributed by atoms with Crippen molar-refractivity contribution in [1.82, 2.24) is 0 Å². The number of amides is 1. The Morgan fingerprint density at radius 2 is 1.67 bits per heavy atom. The van der Waals surface area contributed by atoms with Gasteiger partial charge in [-0.2, -0.15) is 0 Å². The minimum atomic E-state index is -0.642. The quantitative estimate of drug-likeness (QED) is 0.789.